The molecule has 1 aromatic carbocycles. The summed E-state index contributed by atoms with van der Waals surface area (Å²) in [6.07, 6.45) is 0. The number of fused-ring (bicyclic) bond motifs is 1. The molecular formula is C15H20FN3O. The molecule has 3 unspecified atom stereocenters. The van der Waals surface area contributed by atoms with E-state index in [4.69, 9.17) is 5.73 Å². The van der Waals surface area contributed by atoms with E-state index in [1.807, 2.05) is 0 Å². The fraction of sp³-hybridized carbons (Fsp3) is 0.533. The molecule has 2 heterocycles. The van der Waals surface area contributed by atoms with Gasteiger partial charge in [-0.25, -0.2) is 4.39 Å². The van der Waals surface area contributed by atoms with Crippen molar-refractivity contribution in [3.63, 3.8) is 0 Å². The summed E-state index contributed by atoms with van der Waals surface area (Å²) in [6, 6.07) is 4.98. The second-order valence-corrected chi connectivity index (χ2v) is 5.92. The van der Waals surface area contributed by atoms with Crippen molar-refractivity contribution >= 4 is 5.91 Å². The Labute approximate surface area is 118 Å². The van der Waals surface area contributed by atoms with Crippen LogP contribution in [0.4, 0.5) is 4.39 Å². The van der Waals surface area contributed by atoms with E-state index in [0.29, 0.717) is 30.0 Å². The van der Waals surface area contributed by atoms with Gasteiger partial charge in [0.15, 0.2) is 0 Å². The van der Waals surface area contributed by atoms with Crippen molar-refractivity contribution in [3.05, 3.63) is 35.1 Å². The van der Waals surface area contributed by atoms with Gasteiger partial charge in [0.25, 0.3) is 0 Å². The maximum absolute atomic E-state index is 14.0. The SMILES string of the molecule is CC1C2CNCC2CN1Cc1ccc(C(N)=O)cc1F. The van der Waals surface area contributed by atoms with Gasteiger partial charge in [-0.2, -0.15) is 0 Å². The highest BCUT2D eigenvalue weighted by atomic mass is 19.1. The van der Waals surface area contributed by atoms with Gasteiger partial charge in [0.05, 0.1) is 0 Å². The number of hydrogen-bond acceptors (Lipinski definition) is 3. The maximum Gasteiger partial charge on any atom is 0.248 e. The molecule has 4 nitrogen and oxygen atoms in total. The van der Waals surface area contributed by atoms with E-state index in [0.717, 1.165) is 19.6 Å². The van der Waals surface area contributed by atoms with Crippen LogP contribution in [0.5, 0.6) is 0 Å². The summed E-state index contributed by atoms with van der Waals surface area (Å²) in [5, 5.41) is 3.42. The van der Waals surface area contributed by atoms with Crippen LogP contribution in [-0.2, 0) is 6.54 Å². The van der Waals surface area contributed by atoms with Crippen molar-refractivity contribution in [2.24, 2.45) is 17.6 Å². The van der Waals surface area contributed by atoms with E-state index < -0.39 is 5.91 Å². The summed E-state index contributed by atoms with van der Waals surface area (Å²) >= 11 is 0. The highest BCUT2D eigenvalue weighted by Crippen LogP contribution is 2.33. The molecule has 0 saturated carbocycles. The first kappa shape index (κ1) is 13.5. The number of benzene rings is 1. The lowest BCUT2D eigenvalue weighted by Crippen LogP contribution is -2.33. The third-order valence-corrected chi connectivity index (χ3v) is 4.77. The van der Waals surface area contributed by atoms with Gasteiger partial charge in [0.1, 0.15) is 5.82 Å². The fourth-order valence-electron chi connectivity index (χ4n) is 3.51. The van der Waals surface area contributed by atoms with Crippen molar-refractivity contribution in [2.45, 2.75) is 19.5 Å². The molecule has 0 aliphatic carbocycles. The number of primary amides is 1. The Bertz CT molecular complexity index is 534. The van der Waals surface area contributed by atoms with E-state index in [2.05, 4.69) is 17.1 Å². The van der Waals surface area contributed by atoms with Crippen LogP contribution in [0.25, 0.3) is 0 Å². The standard InChI is InChI=1S/C15H20FN3O/c1-9-13-6-18-5-12(13)8-19(9)7-11-3-2-10(15(17)20)4-14(11)16/h2-4,9,12-13,18H,5-8H2,1H3,(H2,17,20). The number of nitrogens with zero attached hydrogens (tertiary/aromatic N) is 1. The third kappa shape index (κ3) is 2.31. The predicted octanol–water partition coefficient (Wildman–Crippen LogP) is 0.964. The third-order valence-electron chi connectivity index (χ3n) is 4.77. The molecule has 108 valence electrons. The molecule has 3 rings (SSSR count). The van der Waals surface area contributed by atoms with E-state index in [-0.39, 0.29) is 11.4 Å². The number of carbonyl (C=O) groups is 1. The van der Waals surface area contributed by atoms with Gasteiger partial charge >= 0.3 is 0 Å². The zero-order valence-corrected chi connectivity index (χ0v) is 11.6. The first-order valence-corrected chi connectivity index (χ1v) is 7.09. The van der Waals surface area contributed by atoms with E-state index in [9.17, 15) is 9.18 Å². The molecule has 2 aliphatic heterocycles. The monoisotopic (exact) mass is 277 g/mol. The molecule has 3 N–H and O–H groups in total. The van der Waals surface area contributed by atoms with Crippen molar-refractivity contribution in [2.75, 3.05) is 19.6 Å². The minimum Gasteiger partial charge on any atom is -0.366 e. The summed E-state index contributed by atoms with van der Waals surface area (Å²) in [6.45, 7) is 5.95. The molecule has 0 bridgehead atoms. The van der Waals surface area contributed by atoms with E-state index in [1.165, 1.54) is 6.07 Å². The van der Waals surface area contributed by atoms with Gasteiger partial charge in [-0.1, -0.05) is 6.07 Å². The van der Waals surface area contributed by atoms with Gasteiger partial charge in [-0.3, -0.25) is 9.69 Å². The Balaban J connectivity index is 1.74. The zero-order chi connectivity index (χ0) is 14.3. The second kappa shape index (κ2) is 5.14. The predicted molar refractivity (Wildman–Crippen MR) is 74.6 cm³/mol. The lowest BCUT2D eigenvalue weighted by molar-refractivity contribution is 0.1000. The first-order valence-electron chi connectivity index (χ1n) is 7.09. The summed E-state index contributed by atoms with van der Waals surface area (Å²) in [4.78, 5) is 13.4. The molecule has 2 aliphatic rings. The summed E-state index contributed by atoms with van der Waals surface area (Å²) in [7, 11) is 0. The Kier molecular flexibility index (Phi) is 3.48. The van der Waals surface area contributed by atoms with Crippen molar-refractivity contribution in [1.82, 2.24) is 10.2 Å². The van der Waals surface area contributed by atoms with Crippen LogP contribution in [0.15, 0.2) is 18.2 Å². The number of amides is 1. The van der Waals surface area contributed by atoms with Gasteiger partial charge in [0.2, 0.25) is 5.91 Å². The Morgan fingerprint density at radius 1 is 1.50 bits per heavy atom. The highest BCUT2D eigenvalue weighted by Gasteiger charge is 2.41. The molecule has 1 aromatic rings. The average molecular weight is 277 g/mol. The highest BCUT2D eigenvalue weighted by molar-refractivity contribution is 5.92. The number of nitrogens with one attached hydrogen (secondary N) is 1. The number of nitrogens with two attached hydrogens (primary N) is 1. The van der Waals surface area contributed by atoms with Crippen LogP contribution in [-0.4, -0.2) is 36.5 Å². The normalized spacial score (nSPS) is 29.6. The number of halogens is 1. The van der Waals surface area contributed by atoms with Crippen LogP contribution in [0.2, 0.25) is 0 Å². The molecule has 2 fully saturated rings. The van der Waals surface area contributed by atoms with Crippen molar-refractivity contribution < 1.29 is 9.18 Å². The minimum atomic E-state index is -0.592. The smallest absolute Gasteiger partial charge is 0.248 e. The molecule has 0 spiro atoms. The summed E-state index contributed by atoms with van der Waals surface area (Å²) in [5.41, 5.74) is 6.02. The Morgan fingerprint density at radius 2 is 2.30 bits per heavy atom. The second-order valence-electron chi connectivity index (χ2n) is 5.92. The number of likely N-dealkylation sites (tertiary alicyclic amines) is 1. The first-order chi connectivity index (χ1) is 9.56. The number of carbonyl (C=O) groups excluding carboxylic acids is 1. The van der Waals surface area contributed by atoms with Crippen molar-refractivity contribution in [3.8, 4) is 0 Å². The lowest BCUT2D eigenvalue weighted by atomic mass is 9.95. The van der Waals surface area contributed by atoms with E-state index >= 15 is 0 Å². The average Bonchev–Trinajstić information content (AvgIpc) is 2.96. The number of hydrogen-bond donors (Lipinski definition) is 2. The topological polar surface area (TPSA) is 58.4 Å². The van der Waals surface area contributed by atoms with Crippen LogP contribution >= 0.6 is 0 Å². The summed E-state index contributed by atoms with van der Waals surface area (Å²) < 4.78 is 14.0. The van der Waals surface area contributed by atoms with Gasteiger partial charge in [-0.05, 0) is 44.0 Å². The minimum absolute atomic E-state index is 0.224. The zero-order valence-electron chi connectivity index (χ0n) is 11.6. The molecule has 20 heavy (non-hydrogen) atoms. The molecular weight excluding hydrogens is 257 g/mol. The molecule has 1 amide bonds. The molecule has 5 heteroatoms. The van der Waals surface area contributed by atoms with Gasteiger partial charge < -0.3 is 11.1 Å². The van der Waals surface area contributed by atoms with Crippen LogP contribution in [0.3, 0.4) is 0 Å². The van der Waals surface area contributed by atoms with Gasteiger partial charge in [0, 0.05) is 30.3 Å². The van der Waals surface area contributed by atoms with Crippen LogP contribution in [0, 0.1) is 17.7 Å². The lowest BCUT2D eigenvalue weighted by Gasteiger charge is -2.24. The quantitative estimate of drug-likeness (QED) is 0.865. The fourth-order valence-corrected chi connectivity index (χ4v) is 3.51. The molecule has 0 radical (unpaired) electrons. The largest absolute Gasteiger partial charge is 0.366 e. The van der Waals surface area contributed by atoms with Crippen molar-refractivity contribution in [1.29, 1.82) is 0 Å². The summed E-state index contributed by atoms with van der Waals surface area (Å²) in [5.74, 6) is 0.412. The van der Waals surface area contributed by atoms with Gasteiger partial charge in [-0.15, -0.1) is 0 Å². The molecule has 0 aromatic heterocycles. The molecule has 3 atom stereocenters. The number of rotatable bonds is 3. The van der Waals surface area contributed by atoms with Crippen LogP contribution < -0.4 is 11.1 Å². The maximum atomic E-state index is 14.0. The van der Waals surface area contributed by atoms with E-state index in [1.54, 1.807) is 12.1 Å². The Morgan fingerprint density at radius 3 is 2.95 bits per heavy atom. The van der Waals surface area contributed by atoms with Crippen LogP contribution in [0.1, 0.15) is 22.8 Å². The molecule has 2 saturated heterocycles. The Hall–Kier alpha value is -1.46.